The van der Waals surface area contributed by atoms with Crippen LogP contribution < -0.4 is 10.2 Å². The van der Waals surface area contributed by atoms with Crippen molar-refractivity contribution in [3.8, 4) is 34.8 Å². The molecule has 4 rings (SSSR count). The van der Waals surface area contributed by atoms with Gasteiger partial charge in [-0.1, -0.05) is 41.5 Å². The fourth-order valence-electron chi connectivity index (χ4n) is 4.06. The van der Waals surface area contributed by atoms with Crippen LogP contribution in [0.3, 0.4) is 0 Å². The minimum atomic E-state index is -0.847. The van der Waals surface area contributed by atoms with E-state index < -0.39 is 5.09 Å². The van der Waals surface area contributed by atoms with Crippen LogP contribution >= 0.6 is 23.2 Å². The lowest BCUT2D eigenvalue weighted by atomic mass is 10.1. The van der Waals surface area contributed by atoms with Gasteiger partial charge in [-0.15, -0.1) is 10.1 Å². The molecular weight excluding hydrogens is 533 g/mol. The van der Waals surface area contributed by atoms with Crippen molar-refractivity contribution in [2.45, 2.75) is 25.7 Å². The number of hydrazine groups is 1. The number of hydrogen-bond donors (Lipinski definition) is 1. The fourth-order valence-corrected chi connectivity index (χ4v) is 4.56. The molecule has 12 heteroatoms. The van der Waals surface area contributed by atoms with Crippen LogP contribution in [0.5, 0.6) is 5.88 Å². The Morgan fingerprint density at radius 3 is 2.55 bits per heavy atom. The van der Waals surface area contributed by atoms with Gasteiger partial charge in [0.05, 0.1) is 17.8 Å². The number of amides is 1. The maximum Gasteiger partial charge on any atom is 0.294 e. The molecule has 0 radical (unpaired) electrons. The van der Waals surface area contributed by atoms with E-state index in [1.165, 1.54) is 7.11 Å². The molecule has 2 aromatic carbocycles. The lowest BCUT2D eigenvalue weighted by molar-refractivity contribution is -0.757. The molecule has 1 aliphatic rings. The highest BCUT2D eigenvalue weighted by Crippen LogP contribution is 2.36. The van der Waals surface area contributed by atoms with Crippen molar-refractivity contribution in [3.63, 3.8) is 0 Å². The Morgan fingerprint density at radius 2 is 1.89 bits per heavy atom. The second-order valence-electron chi connectivity index (χ2n) is 8.40. The molecule has 0 bridgehead atoms. The summed E-state index contributed by atoms with van der Waals surface area (Å²) < 4.78 is 7.41. The zero-order valence-corrected chi connectivity index (χ0v) is 22.1. The van der Waals surface area contributed by atoms with Gasteiger partial charge in [0.25, 0.3) is 11.0 Å². The Labute approximate surface area is 229 Å². The Balaban J connectivity index is 1.71. The number of halogens is 2. The summed E-state index contributed by atoms with van der Waals surface area (Å²) in [6.07, 6.45) is 3.37. The highest BCUT2D eigenvalue weighted by Gasteiger charge is 2.27. The Morgan fingerprint density at radius 1 is 1.16 bits per heavy atom. The minimum absolute atomic E-state index is 0.0994. The zero-order valence-electron chi connectivity index (χ0n) is 20.6. The molecule has 1 saturated heterocycles. The van der Waals surface area contributed by atoms with Crippen molar-refractivity contribution in [2.24, 2.45) is 0 Å². The second-order valence-corrected chi connectivity index (χ2v) is 9.24. The number of aromatic nitrogens is 2. The second kappa shape index (κ2) is 12.6. The number of carbonyl (C=O) groups excluding carboxylic acids is 1. The SMILES string of the molecule is COc1c(C(=O)NN2CCCCC2)nc(-c2ccc(Cl)cc2Cl)n1-c1ccc(C#CCCO[N+](=O)[O-])cc1. The Hall–Kier alpha value is -3.78. The maximum atomic E-state index is 13.3. The molecule has 0 aliphatic carbocycles. The molecule has 1 aromatic heterocycles. The van der Waals surface area contributed by atoms with Gasteiger partial charge in [-0.2, -0.15) is 0 Å². The first-order valence-electron chi connectivity index (χ1n) is 11.9. The summed E-state index contributed by atoms with van der Waals surface area (Å²) >= 11 is 12.7. The van der Waals surface area contributed by atoms with E-state index in [9.17, 15) is 14.9 Å². The first-order chi connectivity index (χ1) is 18.4. The number of ether oxygens (including phenoxy) is 1. The first kappa shape index (κ1) is 27.3. The number of nitrogens with one attached hydrogen (secondary N) is 1. The lowest BCUT2D eigenvalue weighted by Crippen LogP contribution is -2.45. The summed E-state index contributed by atoms with van der Waals surface area (Å²) in [7, 11) is 1.48. The van der Waals surface area contributed by atoms with Crippen LogP contribution in [0, 0.1) is 22.0 Å². The van der Waals surface area contributed by atoms with Gasteiger partial charge in [0.2, 0.25) is 5.88 Å². The number of hydrogen-bond acceptors (Lipinski definition) is 7. The average molecular weight is 558 g/mol. The number of piperidine rings is 1. The van der Waals surface area contributed by atoms with Crippen LogP contribution in [0.15, 0.2) is 42.5 Å². The molecule has 38 heavy (non-hydrogen) atoms. The van der Waals surface area contributed by atoms with Crippen LogP contribution in [0.2, 0.25) is 10.0 Å². The summed E-state index contributed by atoms with van der Waals surface area (Å²) in [6, 6.07) is 12.2. The van der Waals surface area contributed by atoms with Crippen molar-refractivity contribution in [2.75, 3.05) is 26.8 Å². The van der Waals surface area contributed by atoms with Gasteiger partial charge in [0.1, 0.15) is 12.4 Å². The molecule has 3 aromatic rings. The highest BCUT2D eigenvalue weighted by atomic mass is 35.5. The number of carbonyl (C=O) groups is 1. The quantitative estimate of drug-likeness (QED) is 0.181. The van der Waals surface area contributed by atoms with E-state index in [1.807, 2.05) is 5.01 Å². The van der Waals surface area contributed by atoms with Gasteiger partial charge in [0.15, 0.2) is 5.69 Å². The predicted octanol–water partition coefficient (Wildman–Crippen LogP) is 4.94. The molecule has 2 heterocycles. The van der Waals surface area contributed by atoms with Gasteiger partial charge in [-0.3, -0.25) is 14.8 Å². The highest BCUT2D eigenvalue weighted by molar-refractivity contribution is 6.36. The summed E-state index contributed by atoms with van der Waals surface area (Å²) in [4.78, 5) is 32.5. The van der Waals surface area contributed by atoms with E-state index in [-0.39, 0.29) is 30.5 Å². The van der Waals surface area contributed by atoms with E-state index in [0.717, 1.165) is 32.4 Å². The van der Waals surface area contributed by atoms with Crippen LogP contribution in [0.4, 0.5) is 0 Å². The lowest BCUT2D eigenvalue weighted by Gasteiger charge is -2.26. The normalized spacial score (nSPS) is 13.3. The van der Waals surface area contributed by atoms with Crippen LogP contribution in [-0.4, -0.2) is 52.4 Å². The maximum absolute atomic E-state index is 13.3. The van der Waals surface area contributed by atoms with Gasteiger partial charge in [-0.05, 0) is 55.3 Å². The number of methoxy groups -OCH3 is 1. The summed E-state index contributed by atoms with van der Waals surface area (Å²) in [5.41, 5.74) is 4.99. The van der Waals surface area contributed by atoms with Crippen molar-refractivity contribution in [1.82, 2.24) is 20.0 Å². The Kier molecular flexibility index (Phi) is 9.07. The smallest absolute Gasteiger partial charge is 0.294 e. The third kappa shape index (κ3) is 6.55. The van der Waals surface area contributed by atoms with Crippen molar-refractivity contribution in [3.05, 3.63) is 73.9 Å². The molecule has 198 valence electrons. The summed E-state index contributed by atoms with van der Waals surface area (Å²) in [6.45, 7) is 1.44. The number of nitrogens with zero attached hydrogens (tertiary/aromatic N) is 4. The molecule has 1 amide bonds. The summed E-state index contributed by atoms with van der Waals surface area (Å²) in [5, 5.41) is 12.1. The Bertz CT molecular complexity index is 1380. The van der Waals surface area contributed by atoms with Crippen molar-refractivity contribution < 1.29 is 19.5 Å². The molecule has 0 atom stereocenters. The van der Waals surface area contributed by atoms with E-state index >= 15 is 0 Å². The molecule has 10 nitrogen and oxygen atoms in total. The van der Waals surface area contributed by atoms with Crippen molar-refractivity contribution in [1.29, 1.82) is 0 Å². The van der Waals surface area contributed by atoms with Gasteiger partial charge in [-0.25, -0.2) is 9.99 Å². The van der Waals surface area contributed by atoms with Gasteiger partial charge in [0, 0.05) is 35.7 Å². The largest absolute Gasteiger partial charge is 0.480 e. The van der Waals surface area contributed by atoms with Crippen molar-refractivity contribution >= 4 is 29.1 Å². The third-order valence-electron chi connectivity index (χ3n) is 5.81. The van der Waals surface area contributed by atoms with Crippen LogP contribution in [0.25, 0.3) is 17.1 Å². The molecule has 0 saturated carbocycles. The number of rotatable bonds is 8. The molecule has 1 aliphatic heterocycles. The number of benzene rings is 2. The fraction of sp³-hybridized carbons (Fsp3) is 0.308. The third-order valence-corrected chi connectivity index (χ3v) is 6.36. The van der Waals surface area contributed by atoms with E-state index in [4.69, 9.17) is 27.9 Å². The van der Waals surface area contributed by atoms with Gasteiger partial charge >= 0.3 is 0 Å². The number of imidazole rings is 1. The topological polar surface area (TPSA) is 112 Å². The zero-order chi connectivity index (χ0) is 27.1. The average Bonchev–Trinajstić information content (AvgIpc) is 3.29. The van der Waals surface area contributed by atoms with Gasteiger partial charge < -0.3 is 9.57 Å². The predicted molar refractivity (Wildman–Crippen MR) is 143 cm³/mol. The molecule has 1 N–H and O–H groups in total. The standard InChI is InChI=1S/C26H25Cl2N5O5/c1-37-26-23(25(34)30-31-14-4-2-5-15-31)29-24(21-13-10-19(27)17-22(21)28)32(26)20-11-8-18(9-12-20)7-3-6-16-38-33(35)36/h8-13,17H,2,4-6,14-16H2,1H3,(H,30,34). The summed E-state index contributed by atoms with van der Waals surface area (Å²) in [5.74, 6) is 6.05. The molecule has 0 unspecified atom stereocenters. The van der Waals surface area contributed by atoms with Crippen LogP contribution in [0.1, 0.15) is 41.7 Å². The molecular formula is C26H25Cl2N5O5. The monoisotopic (exact) mass is 557 g/mol. The first-order valence-corrected chi connectivity index (χ1v) is 12.7. The molecule has 1 fully saturated rings. The van der Waals surface area contributed by atoms with E-state index in [1.54, 1.807) is 47.0 Å². The molecule has 0 spiro atoms. The van der Waals surface area contributed by atoms with E-state index in [2.05, 4.69) is 27.1 Å². The minimum Gasteiger partial charge on any atom is -0.480 e. The van der Waals surface area contributed by atoms with Crippen LogP contribution in [-0.2, 0) is 4.84 Å². The van der Waals surface area contributed by atoms with E-state index in [0.29, 0.717) is 32.7 Å².